The molecule has 0 aliphatic rings. The van der Waals surface area contributed by atoms with E-state index in [1.54, 1.807) is 13.8 Å². The van der Waals surface area contributed by atoms with Gasteiger partial charge in [0.25, 0.3) is 5.69 Å². The average Bonchev–Trinajstić information content (AvgIpc) is 2.68. The predicted molar refractivity (Wildman–Crippen MR) is 74.8 cm³/mol. The Balaban J connectivity index is 2.94. The second kappa shape index (κ2) is 4.76. The molecule has 0 spiro atoms. The van der Waals surface area contributed by atoms with Gasteiger partial charge in [-0.3, -0.25) is 19.5 Å². The molecule has 0 radical (unpaired) electrons. The number of nitrogens with zero attached hydrogens (tertiary/aromatic N) is 3. The molecule has 1 heterocycles. The summed E-state index contributed by atoms with van der Waals surface area (Å²) in [5.74, 6) is -0.367. The molecule has 2 rings (SSSR count). The molecule has 7 heteroatoms. The Bertz CT molecular complexity index is 798. The fourth-order valence-electron chi connectivity index (χ4n) is 2.07. The number of aromatic nitrogens is 2. The summed E-state index contributed by atoms with van der Waals surface area (Å²) in [6, 6.07) is 3.94. The van der Waals surface area contributed by atoms with Gasteiger partial charge in [0.05, 0.1) is 16.0 Å². The lowest BCUT2D eigenvalue weighted by atomic mass is 10.2. The summed E-state index contributed by atoms with van der Waals surface area (Å²) in [7, 11) is 0. The Morgan fingerprint density at radius 3 is 2.50 bits per heavy atom. The first-order valence-corrected chi connectivity index (χ1v) is 5.99. The van der Waals surface area contributed by atoms with Crippen molar-refractivity contribution in [3.63, 3.8) is 0 Å². The van der Waals surface area contributed by atoms with E-state index >= 15 is 0 Å². The highest BCUT2D eigenvalue weighted by Crippen LogP contribution is 2.22. The minimum Gasteiger partial charge on any atom is -0.274 e. The number of nitro groups is 1. The van der Waals surface area contributed by atoms with E-state index in [1.165, 1.54) is 22.8 Å². The number of benzene rings is 1. The van der Waals surface area contributed by atoms with E-state index in [0.29, 0.717) is 16.7 Å². The maximum Gasteiger partial charge on any atom is 0.340 e. The number of nitro benzene ring substituents is 1. The van der Waals surface area contributed by atoms with Crippen LogP contribution in [0.5, 0.6) is 0 Å². The fraction of sp³-hybridized carbons (Fsp3) is 0.231. The predicted octanol–water partition coefficient (Wildman–Crippen LogP) is 2.25. The summed E-state index contributed by atoms with van der Waals surface area (Å²) in [4.78, 5) is 34.5. The van der Waals surface area contributed by atoms with Crippen LogP contribution in [0.4, 0.5) is 5.69 Å². The van der Waals surface area contributed by atoms with Gasteiger partial charge in [0, 0.05) is 24.3 Å². The number of rotatable bonds is 3. The van der Waals surface area contributed by atoms with E-state index in [0.717, 1.165) is 4.57 Å². The standard InChI is InChI=1S/C13H13N3O4/c1-4-12(17)15-10-6-5-9(16(19)20)7-11(10)14(8(2)3)13(15)18/h5-7H,2,4H2,1,3H3. The summed E-state index contributed by atoms with van der Waals surface area (Å²) in [5.41, 5.74) is 0.338. The fourth-order valence-corrected chi connectivity index (χ4v) is 2.07. The molecule has 1 aromatic carbocycles. The first-order chi connectivity index (χ1) is 9.38. The van der Waals surface area contributed by atoms with Crippen LogP contribution in [0.15, 0.2) is 29.6 Å². The zero-order valence-corrected chi connectivity index (χ0v) is 11.1. The first-order valence-electron chi connectivity index (χ1n) is 5.99. The third-order valence-electron chi connectivity index (χ3n) is 2.97. The number of fused-ring (bicyclic) bond motifs is 1. The molecule has 0 unspecified atom stereocenters. The Hall–Kier alpha value is -2.70. The van der Waals surface area contributed by atoms with Crippen molar-refractivity contribution >= 4 is 28.3 Å². The van der Waals surface area contributed by atoms with E-state index in [1.807, 2.05) is 0 Å². The molecule has 0 N–H and O–H groups in total. The molecule has 2 aromatic rings. The summed E-state index contributed by atoms with van der Waals surface area (Å²) >= 11 is 0. The van der Waals surface area contributed by atoms with Gasteiger partial charge in [0.1, 0.15) is 0 Å². The summed E-state index contributed by atoms with van der Waals surface area (Å²) < 4.78 is 2.23. The normalized spacial score (nSPS) is 10.7. The van der Waals surface area contributed by atoms with E-state index in [-0.39, 0.29) is 18.0 Å². The van der Waals surface area contributed by atoms with E-state index in [4.69, 9.17) is 0 Å². The number of imidazole rings is 1. The lowest BCUT2D eigenvalue weighted by Crippen LogP contribution is -2.27. The maximum absolute atomic E-state index is 12.3. The van der Waals surface area contributed by atoms with Gasteiger partial charge in [-0.2, -0.15) is 0 Å². The third-order valence-corrected chi connectivity index (χ3v) is 2.97. The van der Waals surface area contributed by atoms with Crippen molar-refractivity contribution in [1.29, 1.82) is 0 Å². The van der Waals surface area contributed by atoms with Crippen LogP contribution < -0.4 is 5.69 Å². The van der Waals surface area contributed by atoms with Crippen molar-refractivity contribution in [3.8, 4) is 0 Å². The number of non-ortho nitro benzene ring substituents is 1. The molecule has 20 heavy (non-hydrogen) atoms. The minimum absolute atomic E-state index is 0.145. The molecule has 104 valence electrons. The lowest BCUT2D eigenvalue weighted by Gasteiger charge is -1.99. The van der Waals surface area contributed by atoms with Crippen LogP contribution in [0.25, 0.3) is 16.7 Å². The largest absolute Gasteiger partial charge is 0.340 e. The smallest absolute Gasteiger partial charge is 0.274 e. The molecular weight excluding hydrogens is 262 g/mol. The Kier molecular flexibility index (Phi) is 3.27. The zero-order chi connectivity index (χ0) is 15.0. The van der Waals surface area contributed by atoms with Crippen molar-refractivity contribution in [2.45, 2.75) is 20.3 Å². The summed E-state index contributed by atoms with van der Waals surface area (Å²) in [6.07, 6.45) is 0.159. The highest BCUT2D eigenvalue weighted by molar-refractivity contribution is 5.92. The summed E-state index contributed by atoms with van der Waals surface area (Å²) in [6.45, 7) is 6.92. The van der Waals surface area contributed by atoms with Gasteiger partial charge < -0.3 is 0 Å². The number of carbonyl (C=O) groups is 1. The van der Waals surface area contributed by atoms with Gasteiger partial charge in [-0.25, -0.2) is 9.36 Å². The van der Waals surface area contributed by atoms with Crippen molar-refractivity contribution in [1.82, 2.24) is 9.13 Å². The SMILES string of the molecule is C=C(C)n1c(=O)n(C(=O)CC)c2ccc([N+](=O)[O-])cc21. The quantitative estimate of drug-likeness (QED) is 0.635. The van der Waals surface area contributed by atoms with Crippen molar-refractivity contribution in [3.05, 3.63) is 45.4 Å². The monoisotopic (exact) mass is 275 g/mol. The van der Waals surface area contributed by atoms with Gasteiger partial charge in [-0.1, -0.05) is 13.5 Å². The Morgan fingerprint density at radius 1 is 1.35 bits per heavy atom. The van der Waals surface area contributed by atoms with E-state index < -0.39 is 10.6 Å². The molecule has 0 saturated carbocycles. The molecule has 0 aliphatic heterocycles. The molecule has 0 atom stereocenters. The molecular formula is C13H13N3O4. The molecule has 0 aliphatic carbocycles. The second-order valence-electron chi connectivity index (χ2n) is 4.37. The van der Waals surface area contributed by atoms with Crippen molar-refractivity contribution < 1.29 is 9.72 Å². The molecule has 7 nitrogen and oxygen atoms in total. The number of hydrogen-bond acceptors (Lipinski definition) is 4. The van der Waals surface area contributed by atoms with Gasteiger partial charge in [-0.15, -0.1) is 0 Å². The Labute approximate surface area is 113 Å². The summed E-state index contributed by atoms with van der Waals surface area (Å²) in [5, 5.41) is 10.8. The van der Waals surface area contributed by atoms with Gasteiger partial charge >= 0.3 is 5.69 Å². The van der Waals surface area contributed by atoms with Gasteiger partial charge in [0.2, 0.25) is 5.91 Å². The molecule has 0 saturated heterocycles. The van der Waals surface area contributed by atoms with Crippen LogP contribution in [0.1, 0.15) is 25.1 Å². The van der Waals surface area contributed by atoms with E-state index in [2.05, 4.69) is 6.58 Å². The Morgan fingerprint density at radius 2 is 2.00 bits per heavy atom. The van der Waals surface area contributed by atoms with Crippen molar-refractivity contribution in [2.24, 2.45) is 0 Å². The third kappa shape index (κ3) is 1.93. The van der Waals surface area contributed by atoms with Crippen LogP contribution in [0.2, 0.25) is 0 Å². The topological polar surface area (TPSA) is 87.1 Å². The van der Waals surface area contributed by atoms with Crippen LogP contribution in [0.3, 0.4) is 0 Å². The van der Waals surface area contributed by atoms with Crippen LogP contribution >= 0.6 is 0 Å². The number of allylic oxidation sites excluding steroid dienone is 1. The minimum atomic E-state index is -0.556. The second-order valence-corrected chi connectivity index (χ2v) is 4.37. The maximum atomic E-state index is 12.3. The van der Waals surface area contributed by atoms with E-state index in [9.17, 15) is 19.7 Å². The first kappa shape index (κ1) is 13.7. The van der Waals surface area contributed by atoms with Gasteiger partial charge in [-0.05, 0) is 13.0 Å². The van der Waals surface area contributed by atoms with Gasteiger partial charge in [0.15, 0.2) is 0 Å². The number of carbonyl (C=O) groups excluding carboxylic acids is 1. The molecule has 0 bridgehead atoms. The average molecular weight is 275 g/mol. The van der Waals surface area contributed by atoms with Crippen LogP contribution in [-0.2, 0) is 0 Å². The van der Waals surface area contributed by atoms with Crippen LogP contribution in [0, 0.1) is 10.1 Å². The highest BCUT2D eigenvalue weighted by Gasteiger charge is 2.20. The molecule has 0 fully saturated rings. The van der Waals surface area contributed by atoms with Crippen molar-refractivity contribution in [2.75, 3.05) is 0 Å². The van der Waals surface area contributed by atoms with Crippen LogP contribution in [-0.4, -0.2) is 20.0 Å². The molecule has 0 amide bonds. The molecule has 1 aromatic heterocycles. The lowest BCUT2D eigenvalue weighted by molar-refractivity contribution is -0.384. The highest BCUT2D eigenvalue weighted by atomic mass is 16.6. The number of hydrogen-bond donors (Lipinski definition) is 0. The zero-order valence-electron chi connectivity index (χ0n) is 11.1.